The number of ether oxygens (including phenoxy) is 1. The van der Waals surface area contributed by atoms with Crippen LogP contribution in [0.25, 0.3) is 0 Å². The molecule has 3 fully saturated rings. The van der Waals surface area contributed by atoms with E-state index in [0.29, 0.717) is 38.4 Å². The Morgan fingerprint density at radius 2 is 1.87 bits per heavy atom. The molecule has 5 rings (SSSR count). The number of benzene rings is 1. The number of sulfonamides is 1. The first-order chi connectivity index (χ1) is 14.6. The Hall–Kier alpha value is -1.82. The molecular formula is C20H25F3N4O3S. The zero-order chi connectivity index (χ0) is 22.1. The van der Waals surface area contributed by atoms with Gasteiger partial charge in [-0.15, -0.1) is 4.41 Å². The lowest BCUT2D eigenvalue weighted by Gasteiger charge is -2.40. The quantitative estimate of drug-likeness (QED) is 0.669. The van der Waals surface area contributed by atoms with Gasteiger partial charge in [-0.25, -0.2) is 21.6 Å². The monoisotopic (exact) mass is 458 g/mol. The number of fused-ring (bicyclic) bond motifs is 1. The van der Waals surface area contributed by atoms with Crippen LogP contribution in [0.5, 0.6) is 0 Å². The van der Waals surface area contributed by atoms with Gasteiger partial charge in [-0.1, -0.05) is 6.92 Å². The molecule has 0 amide bonds. The second kappa shape index (κ2) is 7.09. The number of nitrogens with zero attached hydrogens (tertiary/aromatic N) is 2. The van der Waals surface area contributed by atoms with Crippen molar-refractivity contribution in [2.24, 2.45) is 11.1 Å². The van der Waals surface area contributed by atoms with E-state index in [2.05, 4.69) is 10.3 Å². The largest absolute Gasteiger partial charge is 0.370 e. The van der Waals surface area contributed by atoms with Crippen molar-refractivity contribution in [1.29, 1.82) is 0 Å². The van der Waals surface area contributed by atoms with Crippen molar-refractivity contribution in [3.8, 4) is 0 Å². The molecule has 0 aromatic heterocycles. The zero-order valence-electron chi connectivity index (χ0n) is 17.0. The van der Waals surface area contributed by atoms with Crippen LogP contribution in [0.1, 0.15) is 37.9 Å². The van der Waals surface area contributed by atoms with Crippen molar-refractivity contribution in [3.05, 3.63) is 47.0 Å². The minimum absolute atomic E-state index is 0.0870. The van der Waals surface area contributed by atoms with Gasteiger partial charge >= 0.3 is 0 Å². The summed E-state index contributed by atoms with van der Waals surface area (Å²) in [5.41, 5.74) is 9.67. The minimum Gasteiger partial charge on any atom is -0.370 e. The van der Waals surface area contributed by atoms with Crippen molar-refractivity contribution in [2.75, 3.05) is 19.7 Å². The van der Waals surface area contributed by atoms with E-state index < -0.39 is 39.6 Å². The van der Waals surface area contributed by atoms with Gasteiger partial charge in [0.05, 0.1) is 23.6 Å². The minimum atomic E-state index is -3.32. The van der Waals surface area contributed by atoms with Crippen LogP contribution >= 0.6 is 0 Å². The molecule has 2 saturated heterocycles. The summed E-state index contributed by atoms with van der Waals surface area (Å²) in [7, 11) is -3.32. The molecule has 1 aromatic rings. The first-order valence-electron chi connectivity index (χ1n) is 10.4. The lowest BCUT2D eigenvalue weighted by Crippen LogP contribution is -2.49. The first kappa shape index (κ1) is 21.0. The number of hydrazine groups is 1. The molecular weight excluding hydrogens is 433 g/mol. The normalized spacial score (nSPS) is 33.9. The summed E-state index contributed by atoms with van der Waals surface area (Å²) in [5.74, 6) is -3.28. The number of rotatable bonds is 4. The van der Waals surface area contributed by atoms with Gasteiger partial charge < -0.3 is 20.8 Å². The Morgan fingerprint density at radius 3 is 2.52 bits per heavy atom. The standard InChI is InChI=1S/C20H25F3N4O3S/c1-20-9-26(7-18(20)25-27(10-20)31(28,29)12-2-3-12)11-4-17(24)19(30-8-11)13-5-15(22)16(23)6-14(13)21/h5-7,11-12,17,19,25H,2-4,8-10,24H2,1H3. The third-order valence-corrected chi connectivity index (χ3v) is 8.83. The van der Waals surface area contributed by atoms with Crippen molar-refractivity contribution in [2.45, 2.75) is 49.6 Å². The van der Waals surface area contributed by atoms with Gasteiger partial charge in [0.15, 0.2) is 11.6 Å². The van der Waals surface area contributed by atoms with E-state index in [9.17, 15) is 21.6 Å². The number of hydrogen-bond donors (Lipinski definition) is 2. The molecule has 4 atom stereocenters. The van der Waals surface area contributed by atoms with Crippen LogP contribution in [0.2, 0.25) is 0 Å². The highest BCUT2D eigenvalue weighted by molar-refractivity contribution is 7.90. The molecule has 1 aliphatic carbocycles. The molecule has 3 N–H and O–H groups in total. The third kappa shape index (κ3) is 3.51. The smallest absolute Gasteiger partial charge is 0.233 e. The number of halogens is 3. The summed E-state index contributed by atoms with van der Waals surface area (Å²) < 4.78 is 73.2. The number of nitrogens with one attached hydrogen (secondary N) is 1. The van der Waals surface area contributed by atoms with Gasteiger partial charge in [0.2, 0.25) is 10.0 Å². The summed E-state index contributed by atoms with van der Waals surface area (Å²) in [6.07, 6.45) is 2.92. The van der Waals surface area contributed by atoms with Gasteiger partial charge in [0, 0.05) is 42.4 Å². The van der Waals surface area contributed by atoms with E-state index >= 15 is 0 Å². The van der Waals surface area contributed by atoms with Gasteiger partial charge in [0.25, 0.3) is 0 Å². The summed E-state index contributed by atoms with van der Waals surface area (Å²) in [6, 6.07) is 0.610. The zero-order valence-corrected chi connectivity index (χ0v) is 17.8. The first-order valence-corrected chi connectivity index (χ1v) is 11.9. The van der Waals surface area contributed by atoms with Crippen LogP contribution < -0.4 is 11.2 Å². The van der Waals surface area contributed by atoms with E-state index in [0.717, 1.165) is 11.8 Å². The fourth-order valence-corrected chi connectivity index (χ4v) is 6.51. The van der Waals surface area contributed by atoms with Crippen LogP contribution in [0, 0.1) is 22.9 Å². The van der Waals surface area contributed by atoms with Gasteiger partial charge in [-0.05, 0) is 25.3 Å². The molecule has 31 heavy (non-hydrogen) atoms. The molecule has 3 heterocycles. The Bertz CT molecular complexity index is 1050. The van der Waals surface area contributed by atoms with Gasteiger partial charge in [-0.3, -0.25) is 0 Å². The van der Waals surface area contributed by atoms with E-state index in [4.69, 9.17) is 10.5 Å². The summed E-state index contributed by atoms with van der Waals surface area (Å²) in [4.78, 5) is 2.07. The highest BCUT2D eigenvalue weighted by Gasteiger charge is 2.52. The SMILES string of the molecule is CC12CN(C3COC(c4cc(F)c(F)cc4F)C(N)C3)C=C1NN(S(=O)(=O)C1CC1)C2. The van der Waals surface area contributed by atoms with Crippen LogP contribution in [-0.2, 0) is 14.8 Å². The lowest BCUT2D eigenvalue weighted by molar-refractivity contribution is -0.0435. The maximum Gasteiger partial charge on any atom is 0.233 e. The van der Waals surface area contributed by atoms with Gasteiger partial charge in [-0.2, -0.15) is 0 Å². The highest BCUT2D eigenvalue weighted by Crippen LogP contribution is 2.43. The van der Waals surface area contributed by atoms with Crippen LogP contribution in [0.15, 0.2) is 24.0 Å². The maximum atomic E-state index is 14.2. The van der Waals surface area contributed by atoms with E-state index in [1.54, 1.807) is 0 Å². The second-order valence-electron chi connectivity index (χ2n) is 9.23. The molecule has 170 valence electrons. The molecule has 4 aliphatic rings. The van der Waals surface area contributed by atoms with Crippen molar-refractivity contribution >= 4 is 10.0 Å². The molecule has 0 bridgehead atoms. The van der Waals surface area contributed by atoms with Crippen LogP contribution in [0.4, 0.5) is 13.2 Å². The molecule has 7 nitrogen and oxygen atoms in total. The third-order valence-electron chi connectivity index (χ3n) is 6.68. The lowest BCUT2D eigenvalue weighted by atomic mass is 9.90. The fourth-order valence-electron chi connectivity index (χ4n) is 4.73. The Labute approximate surface area is 179 Å². The Morgan fingerprint density at radius 1 is 1.16 bits per heavy atom. The molecule has 11 heteroatoms. The fraction of sp³-hybridized carbons (Fsp3) is 0.600. The van der Waals surface area contributed by atoms with Crippen molar-refractivity contribution < 1.29 is 26.3 Å². The average Bonchev–Trinajstić information content (AvgIpc) is 3.43. The Balaban J connectivity index is 1.28. The Kier molecular flexibility index (Phi) is 4.82. The van der Waals surface area contributed by atoms with Crippen LogP contribution in [0.3, 0.4) is 0 Å². The van der Waals surface area contributed by atoms with Crippen molar-refractivity contribution in [3.63, 3.8) is 0 Å². The highest BCUT2D eigenvalue weighted by atomic mass is 32.2. The molecule has 0 spiro atoms. The van der Waals surface area contributed by atoms with Gasteiger partial charge in [0.1, 0.15) is 11.9 Å². The van der Waals surface area contributed by atoms with Crippen molar-refractivity contribution in [1.82, 2.24) is 14.7 Å². The molecule has 0 radical (unpaired) electrons. The van der Waals surface area contributed by atoms with E-state index in [1.165, 1.54) is 4.41 Å². The van der Waals surface area contributed by atoms with E-state index in [1.807, 2.05) is 13.1 Å². The topological polar surface area (TPSA) is 87.9 Å². The molecule has 3 aliphatic heterocycles. The maximum absolute atomic E-state index is 14.2. The molecule has 4 unspecified atom stereocenters. The predicted octanol–water partition coefficient (Wildman–Crippen LogP) is 1.74. The number of nitrogens with two attached hydrogens (primary N) is 1. The summed E-state index contributed by atoms with van der Waals surface area (Å²) in [6.45, 7) is 3.20. The predicted molar refractivity (Wildman–Crippen MR) is 106 cm³/mol. The molecule has 1 saturated carbocycles. The molecule has 1 aromatic carbocycles. The average molecular weight is 459 g/mol. The summed E-state index contributed by atoms with van der Waals surface area (Å²) >= 11 is 0. The second-order valence-corrected chi connectivity index (χ2v) is 11.4. The van der Waals surface area contributed by atoms with E-state index in [-0.39, 0.29) is 28.9 Å². The number of hydrogen-bond acceptors (Lipinski definition) is 6. The summed E-state index contributed by atoms with van der Waals surface area (Å²) in [5, 5.41) is -0.280. The van der Waals surface area contributed by atoms with Crippen LogP contribution in [-0.4, -0.2) is 54.8 Å².